The summed E-state index contributed by atoms with van der Waals surface area (Å²) in [5, 5.41) is 3.95. The van der Waals surface area contributed by atoms with Gasteiger partial charge < -0.3 is 19.5 Å². The third-order valence-electron chi connectivity index (χ3n) is 5.35. The molecule has 0 saturated carbocycles. The van der Waals surface area contributed by atoms with E-state index in [1.807, 2.05) is 48.0 Å². The summed E-state index contributed by atoms with van der Waals surface area (Å²) in [5.41, 5.74) is 3.61. The highest BCUT2D eigenvalue weighted by Gasteiger charge is 2.16. The van der Waals surface area contributed by atoms with Gasteiger partial charge in [0.1, 0.15) is 11.4 Å². The fourth-order valence-corrected chi connectivity index (χ4v) is 3.83. The van der Waals surface area contributed by atoms with E-state index >= 15 is 0 Å². The first kappa shape index (κ1) is 17.5. The maximum absolute atomic E-state index is 12.8. The molecule has 1 fully saturated rings. The first-order chi connectivity index (χ1) is 13.2. The fraction of sp³-hybridized carbons (Fsp3) is 0.318. The van der Waals surface area contributed by atoms with Crippen LogP contribution in [0.2, 0.25) is 0 Å². The molecular weight excluding hydrogens is 338 g/mol. The molecule has 1 aliphatic heterocycles. The molecule has 0 spiro atoms. The first-order valence-electron chi connectivity index (χ1n) is 9.46. The van der Waals surface area contributed by atoms with Gasteiger partial charge in [-0.25, -0.2) is 0 Å². The molecule has 5 heteroatoms. The van der Waals surface area contributed by atoms with Gasteiger partial charge in [0, 0.05) is 36.9 Å². The number of anilines is 2. The quantitative estimate of drug-likeness (QED) is 0.746. The molecule has 5 nitrogen and oxygen atoms in total. The lowest BCUT2D eigenvalue weighted by atomic mass is 10.1. The third kappa shape index (κ3) is 3.37. The molecule has 140 valence electrons. The average molecular weight is 363 g/mol. The number of rotatable bonds is 4. The number of methoxy groups -OCH3 is 1. The maximum atomic E-state index is 12.8. The van der Waals surface area contributed by atoms with Gasteiger partial charge >= 0.3 is 0 Å². The SMILES string of the molecule is COc1cccc2c1cc(C(=O)Nc1ccc(N3CCCCC3)cc1)n2C. The summed E-state index contributed by atoms with van der Waals surface area (Å²) in [7, 11) is 3.54. The molecular formula is C22H25N3O2. The summed E-state index contributed by atoms with van der Waals surface area (Å²) in [5.74, 6) is 0.648. The van der Waals surface area contributed by atoms with Crippen molar-refractivity contribution in [3.05, 3.63) is 54.2 Å². The van der Waals surface area contributed by atoms with Crippen LogP contribution < -0.4 is 15.0 Å². The Morgan fingerprint density at radius 2 is 1.78 bits per heavy atom. The highest BCUT2D eigenvalue weighted by atomic mass is 16.5. The zero-order valence-electron chi connectivity index (χ0n) is 15.9. The minimum Gasteiger partial charge on any atom is -0.496 e. The second-order valence-corrected chi connectivity index (χ2v) is 7.03. The van der Waals surface area contributed by atoms with Crippen LogP contribution in [0, 0.1) is 0 Å². The van der Waals surface area contributed by atoms with Crippen LogP contribution in [0.5, 0.6) is 5.75 Å². The zero-order chi connectivity index (χ0) is 18.8. The van der Waals surface area contributed by atoms with Crippen molar-refractivity contribution in [2.45, 2.75) is 19.3 Å². The standard InChI is InChI=1S/C22H25N3O2/c1-24-19-7-6-8-21(27-2)18(19)15-20(24)22(26)23-16-9-11-17(12-10-16)25-13-4-3-5-14-25/h6-12,15H,3-5,13-14H2,1-2H3,(H,23,26). The van der Waals surface area contributed by atoms with Crippen LogP contribution in [-0.2, 0) is 7.05 Å². The van der Waals surface area contributed by atoms with Gasteiger partial charge in [0.2, 0.25) is 0 Å². The van der Waals surface area contributed by atoms with Crippen LogP contribution in [-0.4, -0.2) is 30.7 Å². The fourth-order valence-electron chi connectivity index (χ4n) is 3.83. The molecule has 27 heavy (non-hydrogen) atoms. The maximum Gasteiger partial charge on any atom is 0.272 e. The van der Waals surface area contributed by atoms with Gasteiger partial charge in [0.05, 0.1) is 12.6 Å². The van der Waals surface area contributed by atoms with Crippen LogP contribution in [0.15, 0.2) is 48.5 Å². The number of hydrogen-bond acceptors (Lipinski definition) is 3. The highest BCUT2D eigenvalue weighted by molar-refractivity contribution is 6.07. The average Bonchev–Trinajstić information content (AvgIpc) is 3.06. The largest absolute Gasteiger partial charge is 0.496 e. The molecule has 2 aromatic carbocycles. The summed E-state index contributed by atoms with van der Waals surface area (Å²) >= 11 is 0. The first-order valence-corrected chi connectivity index (χ1v) is 9.46. The van der Waals surface area contributed by atoms with E-state index in [0.717, 1.165) is 35.4 Å². The van der Waals surface area contributed by atoms with E-state index in [2.05, 4.69) is 22.3 Å². The number of piperidine rings is 1. The highest BCUT2D eigenvalue weighted by Crippen LogP contribution is 2.28. The molecule has 0 atom stereocenters. The molecule has 1 amide bonds. The summed E-state index contributed by atoms with van der Waals surface area (Å²) in [6.45, 7) is 2.23. The van der Waals surface area contributed by atoms with Crippen molar-refractivity contribution in [1.82, 2.24) is 4.57 Å². The number of amides is 1. The second-order valence-electron chi connectivity index (χ2n) is 7.03. The number of nitrogens with zero attached hydrogens (tertiary/aromatic N) is 2. The van der Waals surface area contributed by atoms with Crippen molar-refractivity contribution in [3.8, 4) is 5.75 Å². The van der Waals surface area contributed by atoms with Gasteiger partial charge in [-0.3, -0.25) is 4.79 Å². The third-order valence-corrected chi connectivity index (χ3v) is 5.35. The number of nitrogens with one attached hydrogen (secondary N) is 1. The molecule has 0 bridgehead atoms. The monoisotopic (exact) mass is 363 g/mol. The summed E-state index contributed by atoms with van der Waals surface area (Å²) in [4.78, 5) is 15.2. The molecule has 3 aromatic rings. The van der Waals surface area contributed by atoms with Gasteiger partial charge in [0.25, 0.3) is 5.91 Å². The molecule has 2 heterocycles. The lowest BCUT2D eigenvalue weighted by molar-refractivity contribution is 0.102. The van der Waals surface area contributed by atoms with E-state index in [9.17, 15) is 4.79 Å². The van der Waals surface area contributed by atoms with Gasteiger partial charge in [-0.05, 0) is 61.7 Å². The lowest BCUT2D eigenvalue weighted by Crippen LogP contribution is -2.29. The molecule has 0 aliphatic carbocycles. The Kier molecular flexibility index (Phi) is 4.75. The van der Waals surface area contributed by atoms with E-state index in [0.29, 0.717) is 5.69 Å². The molecule has 1 saturated heterocycles. The Bertz CT molecular complexity index is 954. The van der Waals surface area contributed by atoms with E-state index in [1.54, 1.807) is 7.11 Å². The van der Waals surface area contributed by atoms with Crippen molar-refractivity contribution in [1.29, 1.82) is 0 Å². The van der Waals surface area contributed by atoms with Crippen molar-refractivity contribution in [3.63, 3.8) is 0 Å². The van der Waals surface area contributed by atoms with E-state index < -0.39 is 0 Å². The Balaban J connectivity index is 1.54. The zero-order valence-corrected chi connectivity index (χ0v) is 15.9. The molecule has 1 aromatic heterocycles. The number of carbonyl (C=O) groups excluding carboxylic acids is 1. The van der Waals surface area contributed by atoms with Gasteiger partial charge in [-0.2, -0.15) is 0 Å². The predicted octanol–water partition coefficient (Wildman–Crippen LogP) is 4.43. The minimum absolute atomic E-state index is 0.124. The topological polar surface area (TPSA) is 46.5 Å². The number of ether oxygens (including phenoxy) is 1. The van der Waals surface area contributed by atoms with Crippen LogP contribution in [0.25, 0.3) is 10.9 Å². The second kappa shape index (κ2) is 7.35. The number of aromatic nitrogens is 1. The van der Waals surface area contributed by atoms with Gasteiger partial charge in [-0.15, -0.1) is 0 Å². The van der Waals surface area contributed by atoms with Crippen molar-refractivity contribution in [2.75, 3.05) is 30.4 Å². The van der Waals surface area contributed by atoms with Gasteiger partial charge in [0.15, 0.2) is 0 Å². The molecule has 0 unspecified atom stereocenters. The summed E-state index contributed by atoms with van der Waals surface area (Å²) < 4.78 is 7.31. The minimum atomic E-state index is -0.124. The number of benzene rings is 2. The van der Waals surface area contributed by atoms with Crippen LogP contribution in [0.4, 0.5) is 11.4 Å². The number of carbonyl (C=O) groups is 1. The van der Waals surface area contributed by atoms with E-state index in [4.69, 9.17) is 4.74 Å². The molecule has 1 aliphatic rings. The number of hydrogen-bond donors (Lipinski definition) is 1. The van der Waals surface area contributed by atoms with Crippen molar-refractivity contribution in [2.24, 2.45) is 7.05 Å². The summed E-state index contributed by atoms with van der Waals surface area (Å²) in [6, 6.07) is 15.8. The smallest absolute Gasteiger partial charge is 0.272 e. The van der Waals surface area contributed by atoms with Crippen LogP contribution in [0.3, 0.4) is 0 Å². The van der Waals surface area contributed by atoms with E-state index in [-0.39, 0.29) is 5.91 Å². The molecule has 4 rings (SSSR count). The Labute approximate surface area is 159 Å². The number of aryl methyl sites for hydroxylation is 1. The van der Waals surface area contributed by atoms with Crippen LogP contribution >= 0.6 is 0 Å². The summed E-state index contributed by atoms with van der Waals surface area (Å²) in [6.07, 6.45) is 3.83. The van der Waals surface area contributed by atoms with Gasteiger partial charge in [-0.1, -0.05) is 6.07 Å². The predicted molar refractivity (Wildman–Crippen MR) is 110 cm³/mol. The van der Waals surface area contributed by atoms with E-state index in [1.165, 1.54) is 24.9 Å². The van der Waals surface area contributed by atoms with Crippen molar-refractivity contribution < 1.29 is 9.53 Å². The molecule has 0 radical (unpaired) electrons. The molecule has 1 N–H and O–H groups in total. The Morgan fingerprint density at radius 3 is 2.48 bits per heavy atom. The number of fused-ring (bicyclic) bond motifs is 1. The Morgan fingerprint density at radius 1 is 1.04 bits per heavy atom. The Hall–Kier alpha value is -2.95. The van der Waals surface area contributed by atoms with Crippen LogP contribution in [0.1, 0.15) is 29.8 Å². The lowest BCUT2D eigenvalue weighted by Gasteiger charge is -2.28. The normalized spacial score (nSPS) is 14.4. The van der Waals surface area contributed by atoms with Crippen molar-refractivity contribution >= 4 is 28.2 Å².